The number of likely N-dealkylation sites (tertiary alicyclic amines) is 1. The Morgan fingerprint density at radius 2 is 1.89 bits per heavy atom. The highest BCUT2D eigenvalue weighted by Crippen LogP contribution is 2.27. The molecule has 2 heteroatoms. The standard InChI is InChI=1S/C16H32N2/c1-4-10-18-11-8-15(9-12-18)14(3)17-16-7-5-6-13(16)2/h13-17H,4-12H2,1-3H3. The lowest BCUT2D eigenvalue weighted by Gasteiger charge is -2.36. The zero-order valence-electron chi connectivity index (χ0n) is 12.6. The van der Waals surface area contributed by atoms with Crippen molar-refractivity contribution in [3.8, 4) is 0 Å². The van der Waals surface area contributed by atoms with Crippen LogP contribution in [0.25, 0.3) is 0 Å². The summed E-state index contributed by atoms with van der Waals surface area (Å²) >= 11 is 0. The maximum Gasteiger partial charge on any atom is 0.00952 e. The van der Waals surface area contributed by atoms with Crippen LogP contribution in [0.5, 0.6) is 0 Å². The van der Waals surface area contributed by atoms with Gasteiger partial charge in [-0.2, -0.15) is 0 Å². The van der Waals surface area contributed by atoms with E-state index in [2.05, 4.69) is 31.0 Å². The Morgan fingerprint density at radius 1 is 1.17 bits per heavy atom. The van der Waals surface area contributed by atoms with Gasteiger partial charge in [0.1, 0.15) is 0 Å². The van der Waals surface area contributed by atoms with Crippen LogP contribution in [0.15, 0.2) is 0 Å². The third kappa shape index (κ3) is 3.71. The second kappa shape index (κ2) is 6.91. The molecule has 0 spiro atoms. The molecule has 1 saturated carbocycles. The second-order valence-corrected chi connectivity index (χ2v) is 6.65. The van der Waals surface area contributed by atoms with Crippen LogP contribution in [0.2, 0.25) is 0 Å². The van der Waals surface area contributed by atoms with Crippen molar-refractivity contribution in [3.63, 3.8) is 0 Å². The molecule has 0 radical (unpaired) electrons. The molecule has 2 nitrogen and oxygen atoms in total. The van der Waals surface area contributed by atoms with Gasteiger partial charge in [-0.3, -0.25) is 0 Å². The summed E-state index contributed by atoms with van der Waals surface area (Å²) in [6, 6.07) is 1.52. The van der Waals surface area contributed by atoms with Gasteiger partial charge in [0, 0.05) is 12.1 Å². The van der Waals surface area contributed by atoms with Gasteiger partial charge in [0.25, 0.3) is 0 Å². The average molecular weight is 252 g/mol. The van der Waals surface area contributed by atoms with Gasteiger partial charge in [-0.05, 0) is 70.5 Å². The molecule has 0 aromatic heterocycles. The quantitative estimate of drug-likeness (QED) is 0.808. The van der Waals surface area contributed by atoms with Crippen molar-refractivity contribution in [2.24, 2.45) is 11.8 Å². The van der Waals surface area contributed by atoms with Crippen LogP contribution >= 0.6 is 0 Å². The van der Waals surface area contributed by atoms with E-state index in [4.69, 9.17) is 0 Å². The summed E-state index contributed by atoms with van der Waals surface area (Å²) in [5, 5.41) is 3.93. The van der Waals surface area contributed by atoms with Gasteiger partial charge in [-0.15, -0.1) is 0 Å². The summed E-state index contributed by atoms with van der Waals surface area (Å²) in [4.78, 5) is 2.64. The number of piperidine rings is 1. The van der Waals surface area contributed by atoms with Crippen molar-refractivity contribution in [1.29, 1.82) is 0 Å². The molecule has 2 rings (SSSR count). The zero-order valence-corrected chi connectivity index (χ0v) is 12.6. The SMILES string of the molecule is CCCN1CCC(C(C)NC2CCCC2C)CC1. The first-order valence-electron chi connectivity index (χ1n) is 8.19. The van der Waals surface area contributed by atoms with Crippen molar-refractivity contribution < 1.29 is 0 Å². The third-order valence-electron chi connectivity index (χ3n) is 5.22. The predicted octanol–water partition coefficient (Wildman–Crippen LogP) is 3.28. The van der Waals surface area contributed by atoms with Crippen molar-refractivity contribution in [2.45, 2.75) is 71.4 Å². The van der Waals surface area contributed by atoms with E-state index < -0.39 is 0 Å². The molecule has 0 amide bonds. The minimum atomic E-state index is 0.722. The fourth-order valence-electron chi connectivity index (χ4n) is 3.86. The molecule has 0 aromatic carbocycles. The molecule has 0 aromatic rings. The fraction of sp³-hybridized carbons (Fsp3) is 1.00. The maximum atomic E-state index is 3.93. The van der Waals surface area contributed by atoms with Crippen LogP contribution in [0, 0.1) is 11.8 Å². The van der Waals surface area contributed by atoms with Crippen LogP contribution < -0.4 is 5.32 Å². The first-order chi connectivity index (χ1) is 8.70. The number of hydrogen-bond acceptors (Lipinski definition) is 2. The molecule has 106 valence electrons. The summed E-state index contributed by atoms with van der Waals surface area (Å²) in [6.07, 6.45) is 8.36. The molecule has 0 bridgehead atoms. The average Bonchev–Trinajstić information content (AvgIpc) is 2.76. The van der Waals surface area contributed by atoms with E-state index in [1.54, 1.807) is 0 Å². The molecule has 1 heterocycles. The highest BCUT2D eigenvalue weighted by Gasteiger charge is 2.28. The number of nitrogens with one attached hydrogen (secondary N) is 1. The Kier molecular flexibility index (Phi) is 5.50. The monoisotopic (exact) mass is 252 g/mol. The van der Waals surface area contributed by atoms with Crippen LogP contribution in [-0.2, 0) is 0 Å². The van der Waals surface area contributed by atoms with Gasteiger partial charge in [-0.25, -0.2) is 0 Å². The molecule has 2 fully saturated rings. The van der Waals surface area contributed by atoms with E-state index in [-0.39, 0.29) is 0 Å². The molecule has 3 atom stereocenters. The molecule has 2 aliphatic rings. The van der Waals surface area contributed by atoms with Gasteiger partial charge in [-0.1, -0.05) is 20.3 Å². The van der Waals surface area contributed by atoms with Crippen molar-refractivity contribution >= 4 is 0 Å². The zero-order chi connectivity index (χ0) is 13.0. The molecule has 1 N–H and O–H groups in total. The van der Waals surface area contributed by atoms with E-state index in [0.717, 1.165) is 23.9 Å². The first kappa shape index (κ1) is 14.3. The van der Waals surface area contributed by atoms with E-state index in [1.807, 2.05) is 0 Å². The fourth-order valence-corrected chi connectivity index (χ4v) is 3.86. The first-order valence-corrected chi connectivity index (χ1v) is 8.19. The molecule has 3 unspecified atom stereocenters. The highest BCUT2D eigenvalue weighted by atomic mass is 15.1. The van der Waals surface area contributed by atoms with Gasteiger partial charge in [0.05, 0.1) is 0 Å². The summed E-state index contributed by atoms with van der Waals surface area (Å²) < 4.78 is 0. The van der Waals surface area contributed by atoms with Crippen LogP contribution in [-0.4, -0.2) is 36.6 Å². The Bertz CT molecular complexity index is 233. The van der Waals surface area contributed by atoms with Crippen molar-refractivity contribution in [3.05, 3.63) is 0 Å². The van der Waals surface area contributed by atoms with Gasteiger partial charge in [0.2, 0.25) is 0 Å². The summed E-state index contributed by atoms with van der Waals surface area (Å²) in [6.45, 7) is 11.1. The largest absolute Gasteiger partial charge is 0.311 e. The Morgan fingerprint density at radius 3 is 2.44 bits per heavy atom. The lowest BCUT2D eigenvalue weighted by atomic mass is 9.89. The predicted molar refractivity (Wildman–Crippen MR) is 78.9 cm³/mol. The lowest BCUT2D eigenvalue weighted by molar-refractivity contribution is 0.156. The van der Waals surface area contributed by atoms with E-state index in [1.165, 1.54) is 58.2 Å². The van der Waals surface area contributed by atoms with Gasteiger partial charge in [0.15, 0.2) is 0 Å². The van der Waals surface area contributed by atoms with Crippen LogP contribution in [0.3, 0.4) is 0 Å². The number of nitrogens with zero attached hydrogens (tertiary/aromatic N) is 1. The Labute approximate surface area is 114 Å². The molecule has 1 aliphatic heterocycles. The molecular weight excluding hydrogens is 220 g/mol. The molecule has 1 aliphatic carbocycles. The molecule has 1 saturated heterocycles. The highest BCUT2D eigenvalue weighted by molar-refractivity contribution is 4.86. The summed E-state index contributed by atoms with van der Waals surface area (Å²) in [5.41, 5.74) is 0. The summed E-state index contributed by atoms with van der Waals surface area (Å²) in [5.74, 6) is 1.80. The normalized spacial score (nSPS) is 32.8. The minimum Gasteiger partial charge on any atom is -0.311 e. The topological polar surface area (TPSA) is 15.3 Å². The van der Waals surface area contributed by atoms with Crippen molar-refractivity contribution in [1.82, 2.24) is 10.2 Å². The van der Waals surface area contributed by atoms with E-state index in [0.29, 0.717) is 0 Å². The maximum absolute atomic E-state index is 3.93. The summed E-state index contributed by atoms with van der Waals surface area (Å²) in [7, 11) is 0. The minimum absolute atomic E-state index is 0.722. The van der Waals surface area contributed by atoms with Crippen LogP contribution in [0.1, 0.15) is 59.3 Å². The van der Waals surface area contributed by atoms with Crippen LogP contribution in [0.4, 0.5) is 0 Å². The smallest absolute Gasteiger partial charge is 0.00952 e. The second-order valence-electron chi connectivity index (χ2n) is 6.65. The molecular formula is C16H32N2. The number of hydrogen-bond donors (Lipinski definition) is 1. The van der Waals surface area contributed by atoms with E-state index in [9.17, 15) is 0 Å². The molecule has 18 heavy (non-hydrogen) atoms. The lowest BCUT2D eigenvalue weighted by Crippen LogP contribution is -2.46. The Hall–Kier alpha value is -0.0800. The van der Waals surface area contributed by atoms with Gasteiger partial charge < -0.3 is 10.2 Å². The Balaban J connectivity index is 1.71. The van der Waals surface area contributed by atoms with Crippen molar-refractivity contribution in [2.75, 3.05) is 19.6 Å². The van der Waals surface area contributed by atoms with E-state index >= 15 is 0 Å². The number of rotatable bonds is 5. The van der Waals surface area contributed by atoms with Gasteiger partial charge >= 0.3 is 0 Å². The third-order valence-corrected chi connectivity index (χ3v) is 5.22.